The molecule has 14 heavy (non-hydrogen) atoms. The van der Waals surface area contributed by atoms with E-state index in [1.807, 2.05) is 0 Å². The van der Waals surface area contributed by atoms with Gasteiger partial charge in [-0.25, -0.2) is 0 Å². The molecule has 3 heteroatoms. The predicted octanol–water partition coefficient (Wildman–Crippen LogP) is 2.02. The van der Waals surface area contributed by atoms with Crippen LogP contribution in [0.1, 0.15) is 44.9 Å². The third-order valence-corrected chi connectivity index (χ3v) is 2.98. The fourth-order valence-corrected chi connectivity index (χ4v) is 2.08. The summed E-state index contributed by atoms with van der Waals surface area (Å²) >= 11 is 0. The molecule has 0 saturated heterocycles. The zero-order valence-electron chi connectivity index (χ0n) is 8.90. The van der Waals surface area contributed by atoms with Gasteiger partial charge >= 0.3 is 0 Å². The molecule has 1 rings (SSSR count). The van der Waals surface area contributed by atoms with Crippen LogP contribution in [0.5, 0.6) is 0 Å². The van der Waals surface area contributed by atoms with Crippen LogP contribution in [0.15, 0.2) is 0 Å². The molecule has 0 heterocycles. The molecule has 0 aliphatic heterocycles. The summed E-state index contributed by atoms with van der Waals surface area (Å²) in [5, 5.41) is 13.3. The van der Waals surface area contributed by atoms with Gasteiger partial charge in [0.05, 0.1) is 12.3 Å². The number of halogens is 1. The first kappa shape index (κ1) is 11.9. The van der Waals surface area contributed by atoms with E-state index in [1.165, 1.54) is 12.8 Å². The summed E-state index contributed by atoms with van der Waals surface area (Å²) in [6.07, 6.45) is 7.09. The molecule has 0 radical (unpaired) electrons. The van der Waals surface area contributed by atoms with E-state index < -0.39 is 5.60 Å². The second-order valence-corrected chi connectivity index (χ2v) is 4.36. The van der Waals surface area contributed by atoms with Gasteiger partial charge in [-0.15, -0.1) is 0 Å². The summed E-state index contributed by atoms with van der Waals surface area (Å²) in [4.78, 5) is 0. The lowest BCUT2D eigenvalue weighted by atomic mass is 9.94. The van der Waals surface area contributed by atoms with Crippen molar-refractivity contribution in [1.29, 1.82) is 0 Å². The highest BCUT2D eigenvalue weighted by atomic mass is 19.1. The van der Waals surface area contributed by atoms with Gasteiger partial charge in [0.2, 0.25) is 0 Å². The summed E-state index contributed by atoms with van der Waals surface area (Å²) < 4.78 is 11.8. The van der Waals surface area contributed by atoms with Crippen LogP contribution in [-0.4, -0.2) is 30.5 Å². The SMILES string of the molecule is OC1(CNCCCF)CCCCCC1. The minimum absolute atomic E-state index is 0.272. The van der Waals surface area contributed by atoms with Crippen molar-refractivity contribution >= 4 is 0 Å². The van der Waals surface area contributed by atoms with Crippen LogP contribution in [0.2, 0.25) is 0 Å². The van der Waals surface area contributed by atoms with Crippen LogP contribution >= 0.6 is 0 Å². The van der Waals surface area contributed by atoms with E-state index in [-0.39, 0.29) is 6.67 Å². The Bertz CT molecular complexity index is 144. The quantitative estimate of drug-likeness (QED) is 0.529. The minimum atomic E-state index is -0.521. The second-order valence-electron chi connectivity index (χ2n) is 4.36. The highest BCUT2D eigenvalue weighted by Crippen LogP contribution is 2.26. The highest BCUT2D eigenvalue weighted by molar-refractivity contribution is 4.82. The smallest absolute Gasteiger partial charge is 0.0906 e. The second kappa shape index (κ2) is 6.36. The lowest BCUT2D eigenvalue weighted by molar-refractivity contribution is 0.0253. The Labute approximate surface area is 85.9 Å². The molecule has 1 aliphatic carbocycles. The number of rotatable bonds is 5. The maximum absolute atomic E-state index is 11.8. The largest absolute Gasteiger partial charge is 0.389 e. The fraction of sp³-hybridized carbons (Fsp3) is 1.00. The van der Waals surface area contributed by atoms with E-state index >= 15 is 0 Å². The van der Waals surface area contributed by atoms with Gasteiger partial charge in [-0.2, -0.15) is 0 Å². The zero-order valence-corrected chi connectivity index (χ0v) is 8.90. The number of hydrogen-bond donors (Lipinski definition) is 2. The molecule has 0 atom stereocenters. The lowest BCUT2D eigenvalue weighted by Crippen LogP contribution is -2.40. The first-order chi connectivity index (χ1) is 6.77. The monoisotopic (exact) mass is 203 g/mol. The van der Waals surface area contributed by atoms with Crippen molar-refractivity contribution < 1.29 is 9.50 Å². The number of nitrogens with one attached hydrogen (secondary N) is 1. The maximum Gasteiger partial charge on any atom is 0.0906 e. The molecule has 0 bridgehead atoms. The number of alkyl halides is 1. The molecule has 1 aliphatic rings. The van der Waals surface area contributed by atoms with Gasteiger partial charge in [-0.05, 0) is 25.8 Å². The predicted molar refractivity (Wildman–Crippen MR) is 56.1 cm³/mol. The molecule has 0 aromatic heterocycles. The van der Waals surface area contributed by atoms with Gasteiger partial charge in [0, 0.05) is 6.54 Å². The Balaban J connectivity index is 2.17. The van der Waals surface area contributed by atoms with Crippen molar-refractivity contribution in [2.24, 2.45) is 0 Å². The third kappa shape index (κ3) is 4.38. The van der Waals surface area contributed by atoms with Gasteiger partial charge in [-0.1, -0.05) is 25.7 Å². The highest BCUT2D eigenvalue weighted by Gasteiger charge is 2.26. The molecular weight excluding hydrogens is 181 g/mol. The standard InChI is InChI=1S/C11H22FNO/c12-8-5-9-13-10-11(14)6-3-1-2-4-7-11/h13-14H,1-10H2. The van der Waals surface area contributed by atoms with E-state index in [4.69, 9.17) is 0 Å². The molecule has 0 aromatic rings. The van der Waals surface area contributed by atoms with Gasteiger partial charge in [-0.3, -0.25) is 4.39 Å². The molecule has 2 N–H and O–H groups in total. The Morgan fingerprint density at radius 3 is 2.36 bits per heavy atom. The molecule has 0 amide bonds. The van der Waals surface area contributed by atoms with Crippen LogP contribution in [0, 0.1) is 0 Å². The summed E-state index contributed by atoms with van der Waals surface area (Å²) in [5.74, 6) is 0. The van der Waals surface area contributed by atoms with E-state index in [9.17, 15) is 9.50 Å². The molecule has 2 nitrogen and oxygen atoms in total. The van der Waals surface area contributed by atoms with Gasteiger partial charge < -0.3 is 10.4 Å². The summed E-state index contributed by atoms with van der Waals surface area (Å²) in [5.41, 5.74) is -0.521. The van der Waals surface area contributed by atoms with Crippen molar-refractivity contribution in [3.63, 3.8) is 0 Å². The normalized spacial score (nSPS) is 21.9. The Morgan fingerprint density at radius 1 is 1.14 bits per heavy atom. The van der Waals surface area contributed by atoms with Gasteiger partial charge in [0.1, 0.15) is 0 Å². The van der Waals surface area contributed by atoms with Crippen molar-refractivity contribution in [2.45, 2.75) is 50.5 Å². The van der Waals surface area contributed by atoms with Crippen molar-refractivity contribution in [2.75, 3.05) is 19.8 Å². The summed E-state index contributed by atoms with van der Waals surface area (Å²) in [6, 6.07) is 0. The molecule has 0 aromatic carbocycles. The Hall–Kier alpha value is -0.150. The topological polar surface area (TPSA) is 32.3 Å². The van der Waals surface area contributed by atoms with Crippen LogP contribution < -0.4 is 5.32 Å². The van der Waals surface area contributed by atoms with Crippen molar-refractivity contribution in [3.8, 4) is 0 Å². The van der Waals surface area contributed by atoms with Gasteiger partial charge in [0.15, 0.2) is 0 Å². The lowest BCUT2D eigenvalue weighted by Gasteiger charge is -2.26. The van der Waals surface area contributed by atoms with E-state index in [0.717, 1.165) is 25.7 Å². The van der Waals surface area contributed by atoms with E-state index in [2.05, 4.69) is 5.32 Å². The Kier molecular flexibility index (Phi) is 5.41. The summed E-state index contributed by atoms with van der Waals surface area (Å²) in [6.45, 7) is 1.04. The zero-order chi connectivity index (χ0) is 10.3. The van der Waals surface area contributed by atoms with E-state index in [1.54, 1.807) is 0 Å². The molecular formula is C11H22FNO. The summed E-state index contributed by atoms with van der Waals surface area (Å²) in [7, 11) is 0. The average Bonchev–Trinajstić information content (AvgIpc) is 2.39. The van der Waals surface area contributed by atoms with Crippen LogP contribution in [0.4, 0.5) is 4.39 Å². The van der Waals surface area contributed by atoms with Crippen molar-refractivity contribution in [1.82, 2.24) is 5.32 Å². The fourth-order valence-electron chi connectivity index (χ4n) is 2.08. The maximum atomic E-state index is 11.8. The Morgan fingerprint density at radius 2 is 1.79 bits per heavy atom. The first-order valence-corrected chi connectivity index (χ1v) is 5.76. The molecule has 0 spiro atoms. The molecule has 1 fully saturated rings. The van der Waals surface area contributed by atoms with Crippen LogP contribution in [-0.2, 0) is 0 Å². The van der Waals surface area contributed by atoms with Gasteiger partial charge in [0.25, 0.3) is 0 Å². The van der Waals surface area contributed by atoms with Crippen LogP contribution in [0.25, 0.3) is 0 Å². The average molecular weight is 203 g/mol. The number of hydrogen-bond acceptors (Lipinski definition) is 2. The first-order valence-electron chi connectivity index (χ1n) is 5.76. The third-order valence-electron chi connectivity index (χ3n) is 2.98. The minimum Gasteiger partial charge on any atom is -0.389 e. The molecule has 0 unspecified atom stereocenters. The van der Waals surface area contributed by atoms with E-state index in [0.29, 0.717) is 19.5 Å². The van der Waals surface area contributed by atoms with Crippen LogP contribution in [0.3, 0.4) is 0 Å². The van der Waals surface area contributed by atoms with Crippen molar-refractivity contribution in [3.05, 3.63) is 0 Å². The number of aliphatic hydroxyl groups is 1. The molecule has 1 saturated carbocycles. The molecule has 84 valence electrons.